The Bertz CT molecular complexity index is 526. The molecule has 5 heteroatoms. The number of hydrogen-bond acceptors (Lipinski definition) is 3. The van der Waals surface area contributed by atoms with Gasteiger partial charge in [0.1, 0.15) is 0 Å². The molecule has 0 aromatic heterocycles. The van der Waals surface area contributed by atoms with Crippen molar-refractivity contribution in [2.75, 3.05) is 39.8 Å². The molecule has 0 saturated carbocycles. The highest BCUT2D eigenvalue weighted by Crippen LogP contribution is 2.17. The van der Waals surface area contributed by atoms with Crippen LogP contribution in [0.15, 0.2) is 29.3 Å². The summed E-state index contributed by atoms with van der Waals surface area (Å²) in [4.78, 5) is 6.79. The van der Waals surface area contributed by atoms with Crippen LogP contribution < -0.4 is 10.6 Å². The maximum absolute atomic E-state index is 5.63. The van der Waals surface area contributed by atoms with Crippen LogP contribution in [0.4, 0.5) is 0 Å². The summed E-state index contributed by atoms with van der Waals surface area (Å²) in [6.07, 6.45) is 3.82. The standard InChI is InChI=1S/C18H28N4O/c1-19-18(21-13-17-7-4-12-23-17)20-9-11-22-10-8-15-5-2-3-6-16(15)14-22/h2-3,5-6,17H,4,7-14H2,1H3,(H2,19,20,21). The molecule has 1 unspecified atom stereocenters. The van der Waals surface area contributed by atoms with E-state index in [9.17, 15) is 0 Å². The van der Waals surface area contributed by atoms with Crippen LogP contribution in [-0.2, 0) is 17.7 Å². The predicted molar refractivity (Wildman–Crippen MR) is 93.8 cm³/mol. The normalized spacial score (nSPS) is 22.0. The number of nitrogens with zero attached hydrogens (tertiary/aromatic N) is 2. The van der Waals surface area contributed by atoms with E-state index in [0.29, 0.717) is 6.10 Å². The van der Waals surface area contributed by atoms with E-state index >= 15 is 0 Å². The van der Waals surface area contributed by atoms with Crippen molar-refractivity contribution in [1.29, 1.82) is 0 Å². The first kappa shape index (κ1) is 16.3. The molecule has 0 bridgehead atoms. The smallest absolute Gasteiger partial charge is 0.191 e. The van der Waals surface area contributed by atoms with Gasteiger partial charge in [0.25, 0.3) is 0 Å². The van der Waals surface area contributed by atoms with E-state index in [1.54, 1.807) is 0 Å². The Balaban J connectivity index is 1.37. The van der Waals surface area contributed by atoms with Crippen molar-refractivity contribution in [1.82, 2.24) is 15.5 Å². The van der Waals surface area contributed by atoms with Crippen molar-refractivity contribution in [3.63, 3.8) is 0 Å². The van der Waals surface area contributed by atoms with Crippen LogP contribution in [0.3, 0.4) is 0 Å². The number of guanidine groups is 1. The SMILES string of the molecule is CN=C(NCCN1CCc2ccccc2C1)NCC1CCCO1. The Kier molecular flexibility index (Phi) is 5.88. The molecule has 1 atom stereocenters. The molecule has 2 aliphatic heterocycles. The Hall–Kier alpha value is -1.59. The Morgan fingerprint density at radius 1 is 1.30 bits per heavy atom. The predicted octanol–water partition coefficient (Wildman–Crippen LogP) is 1.39. The highest BCUT2D eigenvalue weighted by molar-refractivity contribution is 5.79. The first-order valence-electron chi connectivity index (χ1n) is 8.70. The molecule has 0 radical (unpaired) electrons. The molecular weight excluding hydrogens is 288 g/mol. The van der Waals surface area contributed by atoms with E-state index in [-0.39, 0.29) is 0 Å². The largest absolute Gasteiger partial charge is 0.376 e. The van der Waals surface area contributed by atoms with Crippen LogP contribution in [0.2, 0.25) is 0 Å². The van der Waals surface area contributed by atoms with Crippen LogP contribution in [0.25, 0.3) is 0 Å². The summed E-state index contributed by atoms with van der Waals surface area (Å²) in [6, 6.07) is 8.77. The molecule has 23 heavy (non-hydrogen) atoms. The van der Waals surface area contributed by atoms with E-state index in [1.807, 2.05) is 7.05 Å². The molecular formula is C18H28N4O. The summed E-state index contributed by atoms with van der Waals surface area (Å²) in [5.74, 6) is 0.873. The number of aliphatic imine (C=N–C) groups is 1. The van der Waals surface area contributed by atoms with Gasteiger partial charge in [-0.15, -0.1) is 0 Å². The molecule has 0 amide bonds. The van der Waals surface area contributed by atoms with Gasteiger partial charge in [-0.2, -0.15) is 0 Å². The minimum atomic E-state index is 0.340. The summed E-state index contributed by atoms with van der Waals surface area (Å²) < 4.78 is 5.63. The fourth-order valence-electron chi connectivity index (χ4n) is 3.31. The van der Waals surface area contributed by atoms with Crippen molar-refractivity contribution in [2.45, 2.75) is 31.9 Å². The summed E-state index contributed by atoms with van der Waals surface area (Å²) in [5, 5.41) is 6.77. The van der Waals surface area contributed by atoms with Crippen LogP contribution in [0.1, 0.15) is 24.0 Å². The third-order valence-corrected chi connectivity index (χ3v) is 4.67. The minimum absolute atomic E-state index is 0.340. The number of ether oxygens (including phenoxy) is 1. The molecule has 126 valence electrons. The van der Waals surface area contributed by atoms with Gasteiger partial charge in [-0.3, -0.25) is 9.89 Å². The first-order valence-corrected chi connectivity index (χ1v) is 8.70. The second kappa shape index (κ2) is 8.31. The lowest BCUT2D eigenvalue weighted by Gasteiger charge is -2.29. The van der Waals surface area contributed by atoms with Gasteiger partial charge in [0.05, 0.1) is 6.10 Å². The molecule has 3 rings (SSSR count). The van der Waals surface area contributed by atoms with E-state index < -0.39 is 0 Å². The Labute approximate surface area is 139 Å². The number of fused-ring (bicyclic) bond motifs is 1. The van der Waals surface area contributed by atoms with Crippen LogP contribution in [0.5, 0.6) is 0 Å². The van der Waals surface area contributed by atoms with Crippen LogP contribution >= 0.6 is 0 Å². The molecule has 0 spiro atoms. The van der Waals surface area contributed by atoms with Crippen molar-refractivity contribution >= 4 is 5.96 Å². The second-order valence-corrected chi connectivity index (χ2v) is 6.31. The zero-order chi connectivity index (χ0) is 15.9. The maximum Gasteiger partial charge on any atom is 0.191 e. The van der Waals surface area contributed by atoms with Gasteiger partial charge in [-0.1, -0.05) is 24.3 Å². The van der Waals surface area contributed by atoms with Crippen molar-refractivity contribution < 1.29 is 4.74 Å². The quantitative estimate of drug-likeness (QED) is 0.637. The van der Waals surface area contributed by atoms with E-state index in [2.05, 4.69) is 44.8 Å². The van der Waals surface area contributed by atoms with Gasteiger partial charge in [-0.05, 0) is 30.4 Å². The Morgan fingerprint density at radius 2 is 2.17 bits per heavy atom. The molecule has 1 fully saturated rings. The number of nitrogens with one attached hydrogen (secondary N) is 2. The monoisotopic (exact) mass is 316 g/mol. The van der Waals surface area contributed by atoms with Crippen LogP contribution in [-0.4, -0.2) is 56.8 Å². The van der Waals surface area contributed by atoms with Gasteiger partial charge in [0.15, 0.2) is 5.96 Å². The van der Waals surface area contributed by atoms with Gasteiger partial charge in [0, 0.05) is 46.4 Å². The molecule has 1 aromatic carbocycles. The van der Waals surface area contributed by atoms with Gasteiger partial charge in [0.2, 0.25) is 0 Å². The van der Waals surface area contributed by atoms with Crippen molar-refractivity contribution in [3.8, 4) is 0 Å². The number of benzene rings is 1. The molecule has 5 nitrogen and oxygen atoms in total. The molecule has 2 N–H and O–H groups in total. The maximum atomic E-state index is 5.63. The molecule has 2 heterocycles. The molecule has 2 aliphatic rings. The lowest BCUT2D eigenvalue weighted by atomic mass is 10.00. The molecule has 1 saturated heterocycles. The van der Waals surface area contributed by atoms with Crippen LogP contribution in [0, 0.1) is 0 Å². The number of rotatable bonds is 5. The Morgan fingerprint density at radius 3 is 2.96 bits per heavy atom. The zero-order valence-corrected chi connectivity index (χ0v) is 14.1. The lowest BCUT2D eigenvalue weighted by molar-refractivity contribution is 0.113. The van der Waals surface area contributed by atoms with Crippen molar-refractivity contribution in [3.05, 3.63) is 35.4 Å². The summed E-state index contributed by atoms with van der Waals surface area (Å²) >= 11 is 0. The van der Waals surface area contributed by atoms with E-state index in [4.69, 9.17) is 4.74 Å². The average molecular weight is 316 g/mol. The minimum Gasteiger partial charge on any atom is -0.376 e. The zero-order valence-electron chi connectivity index (χ0n) is 14.1. The third kappa shape index (κ3) is 4.69. The van der Waals surface area contributed by atoms with Gasteiger partial charge >= 0.3 is 0 Å². The van der Waals surface area contributed by atoms with E-state index in [1.165, 1.54) is 17.5 Å². The highest BCUT2D eigenvalue weighted by Gasteiger charge is 2.16. The second-order valence-electron chi connectivity index (χ2n) is 6.31. The van der Waals surface area contributed by atoms with Gasteiger partial charge < -0.3 is 15.4 Å². The van der Waals surface area contributed by atoms with E-state index in [0.717, 1.165) is 58.1 Å². The first-order chi connectivity index (χ1) is 11.3. The molecule has 0 aliphatic carbocycles. The summed E-state index contributed by atoms with van der Waals surface area (Å²) in [6.45, 7) is 5.88. The summed E-state index contributed by atoms with van der Waals surface area (Å²) in [5.41, 5.74) is 2.98. The lowest BCUT2D eigenvalue weighted by Crippen LogP contribution is -2.44. The highest BCUT2D eigenvalue weighted by atomic mass is 16.5. The fourth-order valence-corrected chi connectivity index (χ4v) is 3.31. The number of hydrogen-bond donors (Lipinski definition) is 2. The molecule has 1 aromatic rings. The third-order valence-electron chi connectivity index (χ3n) is 4.67. The summed E-state index contributed by atoms with van der Waals surface area (Å²) in [7, 11) is 1.82. The van der Waals surface area contributed by atoms with Crippen molar-refractivity contribution in [2.24, 2.45) is 4.99 Å². The fraction of sp³-hybridized carbons (Fsp3) is 0.611. The average Bonchev–Trinajstić information content (AvgIpc) is 3.11. The topological polar surface area (TPSA) is 48.9 Å². The van der Waals surface area contributed by atoms with Gasteiger partial charge in [-0.25, -0.2) is 0 Å².